The van der Waals surface area contributed by atoms with Crippen LogP contribution in [0.15, 0.2) is 79.0 Å². The number of carbonyl (C=O) groups is 2. The van der Waals surface area contributed by atoms with Gasteiger partial charge in [0, 0.05) is 28.0 Å². The maximum Gasteiger partial charge on any atom is 0.298 e. The molecule has 0 aliphatic rings. The van der Waals surface area contributed by atoms with Crippen molar-refractivity contribution in [2.24, 2.45) is 0 Å². The molecule has 28 heavy (non-hydrogen) atoms. The third-order valence-corrected chi connectivity index (χ3v) is 4.86. The summed E-state index contributed by atoms with van der Waals surface area (Å²) in [7, 11) is 0. The molecule has 1 N–H and O–H groups in total. The number of amides is 1. The van der Waals surface area contributed by atoms with E-state index in [1.54, 1.807) is 28.8 Å². The summed E-state index contributed by atoms with van der Waals surface area (Å²) < 4.78 is 1.75. The molecule has 0 aliphatic heterocycles. The van der Waals surface area contributed by atoms with Gasteiger partial charge in [-0.1, -0.05) is 48.0 Å². The minimum absolute atomic E-state index is 0.339. The standard InChI is InChI=1S/C23H17ClN2O2/c1-15-13-17(24)10-11-20(15)25-23(28)22(27)21-19(16-7-3-2-4-8-16)14-18-9-5-6-12-26(18)21/h2-14H,1H3,(H,25,28). The summed E-state index contributed by atoms with van der Waals surface area (Å²) in [5.41, 5.74) is 4.14. The van der Waals surface area contributed by atoms with Crippen LogP contribution in [0.3, 0.4) is 0 Å². The monoisotopic (exact) mass is 388 g/mol. The fourth-order valence-electron chi connectivity index (χ4n) is 3.25. The molecule has 0 bridgehead atoms. The van der Waals surface area contributed by atoms with Crippen LogP contribution in [0.4, 0.5) is 5.69 Å². The van der Waals surface area contributed by atoms with Crippen LogP contribution < -0.4 is 5.32 Å². The number of halogens is 1. The number of aromatic nitrogens is 1. The quantitative estimate of drug-likeness (QED) is 0.376. The smallest absolute Gasteiger partial charge is 0.298 e. The van der Waals surface area contributed by atoms with Crippen molar-refractivity contribution in [2.45, 2.75) is 6.92 Å². The molecule has 0 aliphatic carbocycles. The summed E-state index contributed by atoms with van der Waals surface area (Å²) >= 11 is 5.97. The highest BCUT2D eigenvalue weighted by molar-refractivity contribution is 6.47. The van der Waals surface area contributed by atoms with Gasteiger partial charge < -0.3 is 9.72 Å². The fourth-order valence-corrected chi connectivity index (χ4v) is 3.47. The number of ketones is 1. The average molecular weight is 389 g/mol. The van der Waals surface area contributed by atoms with Crippen molar-refractivity contribution in [3.63, 3.8) is 0 Å². The van der Waals surface area contributed by atoms with Gasteiger partial charge in [-0.2, -0.15) is 0 Å². The van der Waals surface area contributed by atoms with Crippen molar-refractivity contribution in [2.75, 3.05) is 5.32 Å². The number of hydrogen-bond acceptors (Lipinski definition) is 2. The van der Waals surface area contributed by atoms with E-state index >= 15 is 0 Å². The SMILES string of the molecule is Cc1cc(Cl)ccc1NC(=O)C(=O)c1c(-c2ccccc2)cc2ccccn12. The van der Waals surface area contributed by atoms with Crippen LogP contribution in [-0.4, -0.2) is 16.1 Å². The van der Waals surface area contributed by atoms with Crippen molar-refractivity contribution >= 4 is 34.5 Å². The molecule has 0 saturated heterocycles. The van der Waals surface area contributed by atoms with Gasteiger partial charge in [-0.15, -0.1) is 0 Å². The second-order valence-electron chi connectivity index (χ2n) is 6.51. The van der Waals surface area contributed by atoms with E-state index in [1.807, 2.05) is 61.5 Å². The van der Waals surface area contributed by atoms with Gasteiger partial charge in [0.15, 0.2) is 0 Å². The zero-order valence-electron chi connectivity index (χ0n) is 15.1. The first-order chi connectivity index (χ1) is 13.5. The molecule has 0 unspecified atom stereocenters. The summed E-state index contributed by atoms with van der Waals surface area (Å²) in [6.45, 7) is 1.83. The predicted molar refractivity (Wildman–Crippen MR) is 112 cm³/mol. The van der Waals surface area contributed by atoms with E-state index in [0.29, 0.717) is 16.4 Å². The first-order valence-electron chi connectivity index (χ1n) is 8.82. The molecule has 0 fully saturated rings. The number of nitrogens with zero attached hydrogens (tertiary/aromatic N) is 1. The molecule has 4 aromatic rings. The number of rotatable bonds is 4. The highest BCUT2D eigenvalue weighted by Gasteiger charge is 2.25. The second-order valence-corrected chi connectivity index (χ2v) is 6.95. The van der Waals surface area contributed by atoms with Crippen molar-refractivity contribution in [3.8, 4) is 11.1 Å². The third-order valence-electron chi connectivity index (χ3n) is 4.62. The minimum atomic E-state index is -0.688. The zero-order valence-corrected chi connectivity index (χ0v) is 15.9. The Hall–Kier alpha value is -3.37. The maximum absolute atomic E-state index is 13.1. The summed E-state index contributed by atoms with van der Waals surface area (Å²) in [6.07, 6.45) is 1.79. The Morgan fingerprint density at radius 3 is 2.43 bits per heavy atom. The Morgan fingerprint density at radius 2 is 1.68 bits per heavy atom. The molecule has 138 valence electrons. The normalized spacial score (nSPS) is 10.8. The number of anilines is 1. The van der Waals surface area contributed by atoms with Gasteiger partial charge in [0.25, 0.3) is 11.7 Å². The Morgan fingerprint density at radius 1 is 0.929 bits per heavy atom. The predicted octanol–water partition coefficient (Wildman–Crippen LogP) is 5.39. The van der Waals surface area contributed by atoms with Crippen LogP contribution in [0.5, 0.6) is 0 Å². The lowest BCUT2D eigenvalue weighted by Crippen LogP contribution is -2.25. The van der Waals surface area contributed by atoms with Gasteiger partial charge >= 0.3 is 0 Å². The van der Waals surface area contributed by atoms with Gasteiger partial charge in [-0.25, -0.2) is 0 Å². The average Bonchev–Trinajstić information content (AvgIpc) is 3.09. The van der Waals surface area contributed by atoms with Crippen molar-refractivity contribution in [1.29, 1.82) is 0 Å². The zero-order chi connectivity index (χ0) is 19.7. The summed E-state index contributed by atoms with van der Waals surface area (Å²) in [5, 5.41) is 3.28. The number of hydrogen-bond donors (Lipinski definition) is 1. The first kappa shape index (κ1) is 18.0. The summed E-state index contributed by atoms with van der Waals surface area (Å²) in [5.74, 6) is -1.29. The van der Waals surface area contributed by atoms with Gasteiger partial charge in [0.1, 0.15) is 5.69 Å². The molecule has 2 heterocycles. The van der Waals surface area contributed by atoms with Gasteiger partial charge in [0.05, 0.1) is 0 Å². The van der Waals surface area contributed by atoms with E-state index in [1.165, 1.54) is 0 Å². The van der Waals surface area contributed by atoms with E-state index < -0.39 is 11.7 Å². The molecule has 0 atom stereocenters. The van der Waals surface area contributed by atoms with E-state index in [-0.39, 0.29) is 0 Å². The largest absolute Gasteiger partial charge is 0.319 e. The molecule has 0 saturated carbocycles. The number of nitrogens with one attached hydrogen (secondary N) is 1. The molecule has 4 nitrogen and oxygen atoms in total. The Labute approximate surface area is 167 Å². The first-order valence-corrected chi connectivity index (χ1v) is 9.20. The lowest BCUT2D eigenvalue weighted by atomic mass is 10.0. The Bertz CT molecular complexity index is 1200. The van der Waals surface area contributed by atoms with Crippen LogP contribution in [0.25, 0.3) is 16.6 Å². The van der Waals surface area contributed by atoms with Crippen LogP contribution in [0.1, 0.15) is 16.1 Å². The Kier molecular flexibility index (Phi) is 4.72. The van der Waals surface area contributed by atoms with Crippen LogP contribution >= 0.6 is 11.6 Å². The number of aryl methyl sites for hydroxylation is 1. The van der Waals surface area contributed by atoms with Crippen molar-refractivity contribution < 1.29 is 9.59 Å². The van der Waals surface area contributed by atoms with E-state index in [0.717, 1.165) is 22.2 Å². The molecule has 0 radical (unpaired) electrons. The molecular weight excluding hydrogens is 372 g/mol. The highest BCUT2D eigenvalue weighted by atomic mass is 35.5. The lowest BCUT2D eigenvalue weighted by molar-refractivity contribution is -0.112. The Balaban J connectivity index is 1.77. The van der Waals surface area contributed by atoms with Gasteiger partial charge in [0.2, 0.25) is 0 Å². The van der Waals surface area contributed by atoms with E-state index in [4.69, 9.17) is 11.6 Å². The second kappa shape index (κ2) is 7.33. The molecule has 5 heteroatoms. The van der Waals surface area contributed by atoms with Crippen LogP contribution in [0.2, 0.25) is 5.02 Å². The third kappa shape index (κ3) is 3.30. The number of fused-ring (bicyclic) bond motifs is 1. The van der Waals surface area contributed by atoms with Gasteiger partial charge in [-0.05, 0) is 54.4 Å². The molecule has 2 aromatic carbocycles. The van der Waals surface area contributed by atoms with E-state index in [9.17, 15) is 9.59 Å². The summed E-state index contributed by atoms with van der Waals surface area (Å²) in [4.78, 5) is 25.9. The van der Waals surface area contributed by atoms with Crippen molar-refractivity contribution in [1.82, 2.24) is 4.40 Å². The molecule has 0 spiro atoms. The number of benzene rings is 2. The summed E-state index contributed by atoms with van der Waals surface area (Å²) in [6, 6.07) is 22.2. The maximum atomic E-state index is 13.1. The number of carbonyl (C=O) groups excluding carboxylic acids is 2. The molecule has 1 amide bonds. The molecular formula is C23H17ClN2O2. The van der Waals surface area contributed by atoms with Gasteiger partial charge in [-0.3, -0.25) is 9.59 Å². The van der Waals surface area contributed by atoms with Crippen LogP contribution in [0, 0.1) is 6.92 Å². The van der Waals surface area contributed by atoms with E-state index in [2.05, 4.69) is 5.32 Å². The lowest BCUT2D eigenvalue weighted by Gasteiger charge is -2.10. The number of Topliss-reactive ketones (excluding diaryl/α,β-unsaturated/α-hetero) is 1. The van der Waals surface area contributed by atoms with Crippen molar-refractivity contribution in [3.05, 3.63) is 95.3 Å². The van der Waals surface area contributed by atoms with Crippen LogP contribution in [-0.2, 0) is 4.79 Å². The fraction of sp³-hybridized carbons (Fsp3) is 0.0435. The highest BCUT2D eigenvalue weighted by Crippen LogP contribution is 2.28. The topological polar surface area (TPSA) is 50.6 Å². The minimum Gasteiger partial charge on any atom is -0.319 e. The number of pyridine rings is 1. The molecule has 4 rings (SSSR count). The molecule has 2 aromatic heterocycles.